The highest BCUT2D eigenvalue weighted by Gasteiger charge is 2.35. The molecular weight excluding hydrogens is 440 g/mol. The normalized spacial score (nSPS) is 16.2. The van der Waals surface area contributed by atoms with Gasteiger partial charge in [0.2, 0.25) is 0 Å². The number of aryl methyl sites for hydroxylation is 2. The Kier molecular flexibility index (Phi) is 7.65. The Balaban J connectivity index is 1.71. The highest BCUT2D eigenvalue weighted by atomic mass is 32.2. The summed E-state index contributed by atoms with van der Waals surface area (Å²) in [5.41, 5.74) is 5.09. The summed E-state index contributed by atoms with van der Waals surface area (Å²) in [5.74, 6) is 0.758. The number of aliphatic imine (C=N–C) groups is 1. The number of amides is 1. The van der Waals surface area contributed by atoms with Crippen LogP contribution in [-0.2, 0) is 17.6 Å². The Morgan fingerprint density at radius 1 is 0.912 bits per heavy atom. The highest BCUT2D eigenvalue weighted by molar-refractivity contribution is 8.19. The topological polar surface area (TPSA) is 41.9 Å². The third-order valence-corrected chi connectivity index (χ3v) is 6.65. The summed E-state index contributed by atoms with van der Waals surface area (Å²) >= 11 is 1.41. The van der Waals surface area contributed by atoms with E-state index in [1.807, 2.05) is 78.9 Å². The number of thioether (sulfide) groups is 1. The fourth-order valence-corrected chi connectivity index (χ4v) is 4.73. The van der Waals surface area contributed by atoms with Crippen molar-refractivity contribution in [2.75, 3.05) is 12.0 Å². The monoisotopic (exact) mass is 468 g/mol. The number of allylic oxidation sites excluding steroid dienone is 2. The maximum atomic E-state index is 13.6. The molecular formula is C29H28N2O2S. The van der Waals surface area contributed by atoms with E-state index in [0.29, 0.717) is 10.1 Å². The standard InChI is InChI=1S/C29H28N2O2S/c1-4-22-12-6-8-14-25(22)30-29-31(26-15-9-7-13-23(26)5-2)28(32)27(34-29)16-10-11-21-17-19-24(33-3)20-18-21/h6-20H,4-5H2,1-3H3. The molecule has 4 nitrogen and oxygen atoms in total. The van der Waals surface area contributed by atoms with Gasteiger partial charge in [-0.05, 0) is 71.6 Å². The van der Waals surface area contributed by atoms with E-state index in [1.54, 1.807) is 12.0 Å². The van der Waals surface area contributed by atoms with E-state index >= 15 is 0 Å². The van der Waals surface area contributed by atoms with Crippen molar-refractivity contribution in [1.82, 2.24) is 0 Å². The molecule has 1 heterocycles. The SMILES string of the molecule is CCc1ccccc1N=C1SC(=CC=Cc2ccc(OC)cc2)C(=O)N1c1ccccc1CC. The lowest BCUT2D eigenvalue weighted by atomic mass is 10.1. The predicted octanol–water partition coefficient (Wildman–Crippen LogP) is 7.18. The van der Waals surface area contributed by atoms with Crippen LogP contribution in [0.3, 0.4) is 0 Å². The Hall–Kier alpha value is -3.57. The summed E-state index contributed by atoms with van der Waals surface area (Å²) in [6.07, 6.45) is 7.47. The number of para-hydroxylation sites is 2. The third-order valence-electron chi connectivity index (χ3n) is 5.66. The van der Waals surface area contributed by atoms with Crippen LogP contribution in [0.2, 0.25) is 0 Å². The zero-order chi connectivity index (χ0) is 23.9. The molecule has 1 fully saturated rings. The maximum absolute atomic E-state index is 13.6. The van der Waals surface area contributed by atoms with Crippen molar-refractivity contribution in [3.63, 3.8) is 0 Å². The fourth-order valence-electron chi connectivity index (χ4n) is 3.79. The molecule has 1 aliphatic heterocycles. The molecule has 3 aromatic carbocycles. The van der Waals surface area contributed by atoms with E-state index < -0.39 is 0 Å². The smallest absolute Gasteiger partial charge is 0.271 e. The lowest BCUT2D eigenvalue weighted by Crippen LogP contribution is -2.29. The number of rotatable bonds is 7. The first kappa shape index (κ1) is 23.6. The minimum Gasteiger partial charge on any atom is -0.497 e. The molecule has 5 heteroatoms. The van der Waals surface area contributed by atoms with Crippen molar-refractivity contribution in [2.45, 2.75) is 26.7 Å². The number of benzene rings is 3. The Labute approximate surface area is 205 Å². The second kappa shape index (κ2) is 11.0. The lowest BCUT2D eigenvalue weighted by molar-refractivity contribution is -0.113. The Morgan fingerprint density at radius 2 is 1.59 bits per heavy atom. The number of hydrogen-bond donors (Lipinski definition) is 0. The average molecular weight is 469 g/mol. The number of nitrogens with zero attached hydrogens (tertiary/aromatic N) is 2. The molecule has 1 aliphatic rings. The number of anilines is 1. The summed E-state index contributed by atoms with van der Waals surface area (Å²) in [4.78, 5) is 20.9. The first-order valence-electron chi connectivity index (χ1n) is 11.4. The summed E-state index contributed by atoms with van der Waals surface area (Å²) in [6, 6.07) is 23.9. The minimum absolute atomic E-state index is 0.0574. The van der Waals surface area contributed by atoms with Gasteiger partial charge in [-0.3, -0.25) is 9.69 Å². The van der Waals surface area contributed by atoms with Gasteiger partial charge < -0.3 is 4.74 Å². The van der Waals surface area contributed by atoms with Gasteiger partial charge in [-0.25, -0.2) is 4.99 Å². The molecule has 0 bridgehead atoms. The lowest BCUT2D eigenvalue weighted by Gasteiger charge is -2.19. The molecule has 0 aliphatic carbocycles. The molecule has 0 saturated carbocycles. The molecule has 3 aromatic rings. The number of amidine groups is 1. The second-order valence-electron chi connectivity index (χ2n) is 7.76. The van der Waals surface area contributed by atoms with Gasteiger partial charge in [-0.15, -0.1) is 0 Å². The highest BCUT2D eigenvalue weighted by Crippen LogP contribution is 2.38. The Morgan fingerprint density at radius 3 is 2.29 bits per heavy atom. The first-order valence-corrected chi connectivity index (χ1v) is 12.3. The number of hydrogen-bond acceptors (Lipinski definition) is 4. The van der Waals surface area contributed by atoms with Crippen molar-refractivity contribution in [2.24, 2.45) is 4.99 Å². The van der Waals surface area contributed by atoms with Crippen molar-refractivity contribution in [3.8, 4) is 5.75 Å². The van der Waals surface area contributed by atoms with Crippen LogP contribution in [0.1, 0.15) is 30.5 Å². The zero-order valence-electron chi connectivity index (χ0n) is 19.7. The van der Waals surface area contributed by atoms with Crippen molar-refractivity contribution < 1.29 is 9.53 Å². The molecule has 0 atom stereocenters. The zero-order valence-corrected chi connectivity index (χ0v) is 20.5. The number of carbonyl (C=O) groups excluding carboxylic acids is 1. The van der Waals surface area contributed by atoms with Gasteiger partial charge >= 0.3 is 0 Å². The minimum atomic E-state index is -0.0574. The molecule has 172 valence electrons. The van der Waals surface area contributed by atoms with E-state index in [1.165, 1.54) is 11.8 Å². The molecule has 0 N–H and O–H groups in total. The molecule has 1 amide bonds. The van der Waals surface area contributed by atoms with Crippen LogP contribution in [0.5, 0.6) is 5.75 Å². The molecule has 34 heavy (non-hydrogen) atoms. The van der Waals surface area contributed by atoms with Gasteiger partial charge in [0.1, 0.15) is 5.75 Å². The summed E-state index contributed by atoms with van der Waals surface area (Å²) in [5, 5.41) is 0.677. The van der Waals surface area contributed by atoms with Gasteiger partial charge in [0.05, 0.1) is 23.4 Å². The van der Waals surface area contributed by atoms with Crippen LogP contribution in [0, 0.1) is 0 Å². The molecule has 0 radical (unpaired) electrons. The molecule has 0 unspecified atom stereocenters. The largest absolute Gasteiger partial charge is 0.497 e. The van der Waals surface area contributed by atoms with Crippen LogP contribution in [0.25, 0.3) is 6.08 Å². The van der Waals surface area contributed by atoms with E-state index in [0.717, 1.165) is 46.7 Å². The van der Waals surface area contributed by atoms with Crippen molar-refractivity contribution in [3.05, 3.63) is 107 Å². The summed E-state index contributed by atoms with van der Waals surface area (Å²) in [6.45, 7) is 4.22. The number of carbonyl (C=O) groups is 1. The number of ether oxygens (including phenoxy) is 1. The average Bonchev–Trinajstić information content (AvgIpc) is 3.19. The van der Waals surface area contributed by atoms with E-state index in [9.17, 15) is 4.79 Å². The first-order chi connectivity index (χ1) is 16.6. The van der Waals surface area contributed by atoms with E-state index in [-0.39, 0.29) is 5.91 Å². The van der Waals surface area contributed by atoms with Crippen molar-refractivity contribution in [1.29, 1.82) is 0 Å². The molecule has 4 rings (SSSR count). The van der Waals surface area contributed by atoms with Crippen LogP contribution >= 0.6 is 11.8 Å². The predicted molar refractivity (Wildman–Crippen MR) is 144 cm³/mol. The van der Waals surface area contributed by atoms with Gasteiger partial charge in [-0.2, -0.15) is 0 Å². The van der Waals surface area contributed by atoms with Gasteiger partial charge in [-0.1, -0.05) is 74.5 Å². The summed E-state index contributed by atoms with van der Waals surface area (Å²) < 4.78 is 5.22. The van der Waals surface area contributed by atoms with Gasteiger partial charge in [0.25, 0.3) is 5.91 Å². The molecule has 0 aromatic heterocycles. The van der Waals surface area contributed by atoms with Crippen LogP contribution < -0.4 is 9.64 Å². The summed E-state index contributed by atoms with van der Waals surface area (Å²) in [7, 11) is 1.65. The van der Waals surface area contributed by atoms with E-state index in [4.69, 9.17) is 9.73 Å². The van der Waals surface area contributed by atoms with Gasteiger partial charge in [0, 0.05) is 0 Å². The molecule has 0 spiro atoms. The fraction of sp³-hybridized carbons (Fsp3) is 0.172. The van der Waals surface area contributed by atoms with Crippen molar-refractivity contribution >= 4 is 40.3 Å². The van der Waals surface area contributed by atoms with Crippen LogP contribution in [-0.4, -0.2) is 18.2 Å². The van der Waals surface area contributed by atoms with E-state index in [2.05, 4.69) is 26.0 Å². The number of methoxy groups -OCH3 is 1. The molecule has 1 saturated heterocycles. The quantitative estimate of drug-likeness (QED) is 0.345. The maximum Gasteiger partial charge on any atom is 0.271 e. The Bertz CT molecular complexity index is 1260. The third kappa shape index (κ3) is 5.15. The van der Waals surface area contributed by atoms with Crippen LogP contribution in [0.15, 0.2) is 94.8 Å². The van der Waals surface area contributed by atoms with Crippen LogP contribution in [0.4, 0.5) is 11.4 Å². The van der Waals surface area contributed by atoms with Gasteiger partial charge in [0.15, 0.2) is 5.17 Å². The second-order valence-corrected chi connectivity index (χ2v) is 8.77.